The number of nitrogens with zero attached hydrogens (tertiary/aromatic N) is 2. The predicted molar refractivity (Wildman–Crippen MR) is 87.5 cm³/mol. The van der Waals surface area contributed by atoms with Crippen LogP contribution in [0.2, 0.25) is 0 Å². The Kier molecular flexibility index (Phi) is 5.48. The van der Waals surface area contributed by atoms with E-state index >= 15 is 0 Å². The van der Waals surface area contributed by atoms with Crippen LogP contribution in [0.25, 0.3) is 0 Å². The highest BCUT2D eigenvalue weighted by Crippen LogP contribution is 2.25. The summed E-state index contributed by atoms with van der Waals surface area (Å²) >= 11 is 0. The van der Waals surface area contributed by atoms with E-state index in [1.165, 1.54) is 12.8 Å². The molecule has 1 aromatic carbocycles. The molecular formula is C17H27N3O. The lowest BCUT2D eigenvalue weighted by atomic mass is 10.1. The van der Waals surface area contributed by atoms with E-state index in [1.807, 2.05) is 25.2 Å². The van der Waals surface area contributed by atoms with Crippen molar-refractivity contribution in [1.29, 1.82) is 0 Å². The summed E-state index contributed by atoms with van der Waals surface area (Å²) in [6.07, 6.45) is 3.51. The molecule has 0 unspecified atom stereocenters. The van der Waals surface area contributed by atoms with Gasteiger partial charge in [0.25, 0.3) is 0 Å². The van der Waals surface area contributed by atoms with Gasteiger partial charge in [-0.25, -0.2) is 4.99 Å². The van der Waals surface area contributed by atoms with E-state index < -0.39 is 0 Å². The highest BCUT2D eigenvalue weighted by molar-refractivity contribution is 5.78. The van der Waals surface area contributed by atoms with Crippen molar-refractivity contribution in [2.75, 3.05) is 13.7 Å². The van der Waals surface area contributed by atoms with Gasteiger partial charge in [-0.2, -0.15) is 0 Å². The molecule has 0 saturated heterocycles. The van der Waals surface area contributed by atoms with Gasteiger partial charge in [-0.3, -0.25) is 0 Å². The summed E-state index contributed by atoms with van der Waals surface area (Å²) in [5.41, 5.74) is 7.12. The molecule has 0 aromatic heterocycles. The van der Waals surface area contributed by atoms with E-state index in [1.54, 1.807) is 0 Å². The number of aliphatic imine (C=N–C) groups is 1. The van der Waals surface area contributed by atoms with Gasteiger partial charge in [0.15, 0.2) is 5.96 Å². The lowest BCUT2D eigenvalue weighted by molar-refractivity contribution is 0.287. The van der Waals surface area contributed by atoms with Crippen LogP contribution in [0.4, 0.5) is 0 Å². The fourth-order valence-electron chi connectivity index (χ4n) is 2.11. The van der Waals surface area contributed by atoms with E-state index in [-0.39, 0.29) is 0 Å². The molecule has 0 aliphatic heterocycles. The molecule has 0 heterocycles. The molecular weight excluding hydrogens is 262 g/mol. The normalized spacial score (nSPS) is 15.3. The molecule has 0 bridgehead atoms. The molecule has 0 amide bonds. The first-order chi connectivity index (χ1) is 10.1. The first-order valence-corrected chi connectivity index (χ1v) is 7.81. The highest BCUT2D eigenvalue weighted by atomic mass is 16.5. The van der Waals surface area contributed by atoms with Crippen LogP contribution in [0.5, 0.6) is 5.75 Å². The molecule has 4 heteroatoms. The van der Waals surface area contributed by atoms with Crippen molar-refractivity contribution in [3.8, 4) is 5.75 Å². The maximum Gasteiger partial charge on any atom is 0.191 e. The summed E-state index contributed by atoms with van der Waals surface area (Å²) in [6, 6.07) is 8.66. The van der Waals surface area contributed by atoms with Crippen LogP contribution >= 0.6 is 0 Å². The zero-order valence-electron chi connectivity index (χ0n) is 13.4. The van der Waals surface area contributed by atoms with Gasteiger partial charge in [0.1, 0.15) is 5.75 Å². The first kappa shape index (κ1) is 15.7. The number of para-hydroxylation sites is 1. The molecule has 1 saturated carbocycles. The SMILES string of the molecule is CC(C)CCOc1ccccc1CN=C(N)N(C)C1CC1. The monoisotopic (exact) mass is 289 g/mol. The number of ether oxygens (including phenoxy) is 1. The topological polar surface area (TPSA) is 50.9 Å². The summed E-state index contributed by atoms with van der Waals surface area (Å²) < 4.78 is 5.88. The van der Waals surface area contributed by atoms with Crippen molar-refractivity contribution in [2.45, 2.75) is 45.7 Å². The average molecular weight is 289 g/mol. The van der Waals surface area contributed by atoms with Crippen LogP contribution in [-0.2, 0) is 6.54 Å². The molecule has 4 nitrogen and oxygen atoms in total. The van der Waals surface area contributed by atoms with Crippen molar-refractivity contribution in [3.63, 3.8) is 0 Å². The Morgan fingerprint density at radius 2 is 2.10 bits per heavy atom. The smallest absolute Gasteiger partial charge is 0.191 e. The summed E-state index contributed by atoms with van der Waals surface area (Å²) in [5.74, 6) is 2.19. The van der Waals surface area contributed by atoms with E-state index in [9.17, 15) is 0 Å². The lowest BCUT2D eigenvalue weighted by Gasteiger charge is -2.17. The van der Waals surface area contributed by atoms with Crippen LogP contribution in [-0.4, -0.2) is 30.6 Å². The Bertz CT molecular complexity index is 481. The number of nitrogens with two attached hydrogens (primary N) is 1. The molecule has 2 N–H and O–H groups in total. The van der Waals surface area contributed by atoms with E-state index in [0.29, 0.717) is 24.5 Å². The van der Waals surface area contributed by atoms with Gasteiger partial charge in [-0.15, -0.1) is 0 Å². The summed E-state index contributed by atoms with van der Waals surface area (Å²) in [7, 11) is 2.02. The standard InChI is InChI=1S/C17H27N3O/c1-13(2)10-11-21-16-7-5-4-6-14(16)12-19-17(18)20(3)15-8-9-15/h4-7,13,15H,8-12H2,1-3H3,(H2,18,19). The third kappa shape index (κ3) is 4.96. The first-order valence-electron chi connectivity index (χ1n) is 7.81. The van der Waals surface area contributed by atoms with Gasteiger partial charge in [-0.1, -0.05) is 32.0 Å². The van der Waals surface area contributed by atoms with E-state index in [0.717, 1.165) is 24.3 Å². The van der Waals surface area contributed by atoms with Gasteiger partial charge >= 0.3 is 0 Å². The lowest BCUT2D eigenvalue weighted by Crippen LogP contribution is -2.35. The minimum Gasteiger partial charge on any atom is -0.493 e. The zero-order chi connectivity index (χ0) is 15.2. The zero-order valence-corrected chi connectivity index (χ0v) is 13.4. The molecule has 1 aliphatic carbocycles. The van der Waals surface area contributed by atoms with Gasteiger partial charge in [0.05, 0.1) is 13.2 Å². The number of guanidine groups is 1. The summed E-state index contributed by atoms with van der Waals surface area (Å²) in [4.78, 5) is 6.57. The van der Waals surface area contributed by atoms with Gasteiger partial charge in [-0.05, 0) is 31.2 Å². The predicted octanol–water partition coefficient (Wildman–Crippen LogP) is 3.02. The number of hydrogen-bond donors (Lipinski definition) is 1. The molecule has 1 fully saturated rings. The number of rotatable bonds is 7. The van der Waals surface area contributed by atoms with Crippen LogP contribution in [0.1, 0.15) is 38.7 Å². The number of benzene rings is 1. The molecule has 1 aromatic rings. The molecule has 0 spiro atoms. The average Bonchev–Trinajstić information content (AvgIpc) is 3.29. The molecule has 0 radical (unpaired) electrons. The van der Waals surface area contributed by atoms with Crippen molar-refractivity contribution in [1.82, 2.24) is 4.90 Å². The second-order valence-corrected chi connectivity index (χ2v) is 6.16. The largest absolute Gasteiger partial charge is 0.493 e. The summed E-state index contributed by atoms with van der Waals surface area (Å²) in [5, 5.41) is 0. The Labute approximate surface area is 128 Å². The molecule has 2 rings (SSSR count). The van der Waals surface area contributed by atoms with E-state index in [4.69, 9.17) is 10.5 Å². The fourth-order valence-corrected chi connectivity index (χ4v) is 2.11. The molecule has 21 heavy (non-hydrogen) atoms. The Morgan fingerprint density at radius 3 is 2.76 bits per heavy atom. The minimum absolute atomic E-state index is 0.570. The Morgan fingerprint density at radius 1 is 1.38 bits per heavy atom. The number of hydrogen-bond acceptors (Lipinski definition) is 2. The maximum atomic E-state index is 6.03. The fraction of sp³-hybridized carbons (Fsp3) is 0.588. The quantitative estimate of drug-likeness (QED) is 0.620. The van der Waals surface area contributed by atoms with Gasteiger partial charge in [0, 0.05) is 18.7 Å². The third-order valence-corrected chi connectivity index (χ3v) is 3.79. The van der Waals surface area contributed by atoms with Crippen molar-refractivity contribution in [2.24, 2.45) is 16.6 Å². The Balaban J connectivity index is 1.94. The molecule has 116 valence electrons. The molecule has 1 aliphatic rings. The minimum atomic E-state index is 0.570. The second kappa shape index (κ2) is 7.34. The highest BCUT2D eigenvalue weighted by Gasteiger charge is 2.27. The maximum absolute atomic E-state index is 6.03. The second-order valence-electron chi connectivity index (χ2n) is 6.16. The van der Waals surface area contributed by atoms with Crippen molar-refractivity contribution < 1.29 is 4.74 Å². The molecule has 0 atom stereocenters. The van der Waals surface area contributed by atoms with E-state index in [2.05, 4.69) is 29.8 Å². The third-order valence-electron chi connectivity index (χ3n) is 3.79. The van der Waals surface area contributed by atoms with Crippen LogP contribution < -0.4 is 10.5 Å². The van der Waals surface area contributed by atoms with Crippen LogP contribution in [0.15, 0.2) is 29.3 Å². The van der Waals surface area contributed by atoms with Gasteiger partial charge in [0.2, 0.25) is 0 Å². The van der Waals surface area contributed by atoms with Crippen molar-refractivity contribution in [3.05, 3.63) is 29.8 Å². The van der Waals surface area contributed by atoms with Gasteiger partial charge < -0.3 is 15.4 Å². The summed E-state index contributed by atoms with van der Waals surface area (Å²) in [6.45, 7) is 5.72. The van der Waals surface area contributed by atoms with Crippen molar-refractivity contribution >= 4 is 5.96 Å². The van der Waals surface area contributed by atoms with Crippen LogP contribution in [0, 0.1) is 5.92 Å². The Hall–Kier alpha value is -1.71. The van der Waals surface area contributed by atoms with Crippen LogP contribution in [0.3, 0.4) is 0 Å².